The van der Waals surface area contributed by atoms with E-state index in [-0.39, 0.29) is 0 Å². The SMILES string of the molecule is COc1ccc(CC(=O)CC2CC3CCC(C2)N3)cc1Br. The quantitative estimate of drug-likeness (QED) is 0.882. The van der Waals surface area contributed by atoms with Gasteiger partial charge in [-0.3, -0.25) is 4.79 Å². The van der Waals surface area contributed by atoms with Crippen LogP contribution in [0.4, 0.5) is 0 Å². The molecule has 0 aromatic heterocycles. The molecule has 2 saturated heterocycles. The highest BCUT2D eigenvalue weighted by Crippen LogP contribution is 2.33. The van der Waals surface area contributed by atoms with Gasteiger partial charge in [0.05, 0.1) is 11.6 Å². The van der Waals surface area contributed by atoms with E-state index in [9.17, 15) is 4.79 Å². The van der Waals surface area contributed by atoms with E-state index in [4.69, 9.17) is 4.74 Å². The Balaban J connectivity index is 1.55. The number of halogens is 1. The molecule has 2 unspecified atom stereocenters. The summed E-state index contributed by atoms with van der Waals surface area (Å²) in [6, 6.07) is 7.21. The van der Waals surface area contributed by atoms with Crippen LogP contribution in [0.15, 0.2) is 22.7 Å². The van der Waals surface area contributed by atoms with E-state index in [2.05, 4.69) is 21.2 Å². The van der Waals surface area contributed by atoms with Crippen LogP contribution in [-0.4, -0.2) is 25.0 Å². The molecule has 2 aliphatic rings. The van der Waals surface area contributed by atoms with Crippen molar-refractivity contribution in [3.8, 4) is 5.75 Å². The molecule has 114 valence electrons. The highest BCUT2D eigenvalue weighted by atomic mass is 79.9. The smallest absolute Gasteiger partial charge is 0.137 e. The average Bonchev–Trinajstić information content (AvgIpc) is 2.78. The summed E-state index contributed by atoms with van der Waals surface area (Å²) in [5.41, 5.74) is 1.06. The summed E-state index contributed by atoms with van der Waals surface area (Å²) in [4.78, 5) is 12.3. The largest absolute Gasteiger partial charge is 0.496 e. The summed E-state index contributed by atoms with van der Waals surface area (Å²) in [5, 5.41) is 3.63. The fraction of sp³-hybridized carbons (Fsp3) is 0.588. The van der Waals surface area contributed by atoms with Crippen molar-refractivity contribution in [2.75, 3.05) is 7.11 Å². The van der Waals surface area contributed by atoms with Gasteiger partial charge in [-0.25, -0.2) is 0 Å². The summed E-state index contributed by atoms with van der Waals surface area (Å²) < 4.78 is 6.13. The molecule has 2 aliphatic heterocycles. The van der Waals surface area contributed by atoms with Crippen LogP contribution in [0.25, 0.3) is 0 Å². The van der Waals surface area contributed by atoms with Crippen LogP contribution in [0, 0.1) is 5.92 Å². The third-order valence-corrected chi connectivity index (χ3v) is 5.32. The van der Waals surface area contributed by atoms with E-state index in [1.807, 2.05) is 18.2 Å². The van der Waals surface area contributed by atoms with Gasteiger partial charge in [0.25, 0.3) is 0 Å². The summed E-state index contributed by atoms with van der Waals surface area (Å²) in [7, 11) is 1.65. The van der Waals surface area contributed by atoms with Crippen molar-refractivity contribution in [2.24, 2.45) is 5.92 Å². The first-order valence-electron chi connectivity index (χ1n) is 7.74. The molecule has 1 aromatic carbocycles. The minimum absolute atomic E-state index is 0.360. The molecule has 1 N–H and O–H groups in total. The van der Waals surface area contributed by atoms with Gasteiger partial charge >= 0.3 is 0 Å². The van der Waals surface area contributed by atoms with Crippen LogP contribution in [0.2, 0.25) is 0 Å². The predicted molar refractivity (Wildman–Crippen MR) is 86.7 cm³/mol. The summed E-state index contributed by atoms with van der Waals surface area (Å²) in [6.45, 7) is 0. The molecular weight excluding hydrogens is 330 g/mol. The second-order valence-electron chi connectivity index (χ2n) is 6.36. The van der Waals surface area contributed by atoms with Gasteiger partial charge in [-0.15, -0.1) is 0 Å². The molecule has 0 amide bonds. The van der Waals surface area contributed by atoms with Gasteiger partial charge in [-0.1, -0.05) is 6.07 Å². The zero-order chi connectivity index (χ0) is 14.8. The Hall–Kier alpha value is -0.870. The number of carbonyl (C=O) groups excluding carboxylic acids is 1. The molecule has 2 heterocycles. The summed E-state index contributed by atoms with van der Waals surface area (Å²) >= 11 is 3.48. The van der Waals surface area contributed by atoms with Crippen molar-refractivity contribution < 1.29 is 9.53 Å². The maximum atomic E-state index is 12.3. The molecule has 0 radical (unpaired) electrons. The number of piperidine rings is 1. The molecule has 2 fully saturated rings. The molecule has 0 aliphatic carbocycles. The number of benzene rings is 1. The summed E-state index contributed by atoms with van der Waals surface area (Å²) in [5.74, 6) is 1.75. The highest BCUT2D eigenvalue weighted by Gasteiger charge is 2.33. The second-order valence-corrected chi connectivity index (χ2v) is 7.22. The van der Waals surface area contributed by atoms with Gasteiger partial charge in [0.2, 0.25) is 0 Å². The molecule has 2 atom stereocenters. The Labute approximate surface area is 134 Å². The van der Waals surface area contributed by atoms with Crippen LogP contribution in [0.3, 0.4) is 0 Å². The van der Waals surface area contributed by atoms with Gasteiger partial charge in [-0.2, -0.15) is 0 Å². The lowest BCUT2D eigenvalue weighted by Crippen LogP contribution is -2.38. The van der Waals surface area contributed by atoms with Crippen molar-refractivity contribution in [1.82, 2.24) is 5.32 Å². The molecule has 2 bridgehead atoms. The van der Waals surface area contributed by atoms with Gasteiger partial charge in [0.15, 0.2) is 0 Å². The standard InChI is InChI=1S/C17H22BrNO2/c1-21-17-5-2-11(10-16(17)18)8-15(20)9-12-6-13-3-4-14(7-12)19-13/h2,5,10,12-14,19H,3-4,6-9H2,1H3. The normalized spacial score (nSPS) is 27.6. The molecule has 1 aromatic rings. The monoisotopic (exact) mass is 351 g/mol. The lowest BCUT2D eigenvalue weighted by Gasteiger charge is -2.28. The van der Waals surface area contributed by atoms with Crippen LogP contribution in [-0.2, 0) is 11.2 Å². The first kappa shape index (κ1) is 15.0. The van der Waals surface area contributed by atoms with Crippen molar-refractivity contribution in [3.63, 3.8) is 0 Å². The Morgan fingerprint density at radius 1 is 1.33 bits per heavy atom. The topological polar surface area (TPSA) is 38.3 Å². The fourth-order valence-electron chi connectivity index (χ4n) is 3.78. The third-order valence-electron chi connectivity index (χ3n) is 4.70. The van der Waals surface area contributed by atoms with Crippen LogP contribution < -0.4 is 10.1 Å². The number of rotatable bonds is 5. The van der Waals surface area contributed by atoms with Gasteiger partial charge in [0.1, 0.15) is 11.5 Å². The Kier molecular flexibility index (Phi) is 4.65. The van der Waals surface area contributed by atoms with Crippen LogP contribution in [0.5, 0.6) is 5.75 Å². The predicted octanol–water partition coefficient (Wildman–Crippen LogP) is 3.49. The number of ketones is 1. The van der Waals surface area contributed by atoms with Gasteiger partial charge in [0, 0.05) is 24.9 Å². The maximum absolute atomic E-state index is 12.3. The van der Waals surface area contributed by atoms with E-state index >= 15 is 0 Å². The zero-order valence-electron chi connectivity index (χ0n) is 12.4. The van der Waals surface area contributed by atoms with E-state index in [0.717, 1.165) is 22.2 Å². The highest BCUT2D eigenvalue weighted by molar-refractivity contribution is 9.10. The Morgan fingerprint density at radius 3 is 2.67 bits per heavy atom. The number of hydrogen-bond acceptors (Lipinski definition) is 3. The molecule has 3 nitrogen and oxygen atoms in total. The first-order chi connectivity index (χ1) is 10.1. The zero-order valence-corrected chi connectivity index (χ0v) is 14.0. The fourth-order valence-corrected chi connectivity index (χ4v) is 4.37. The number of ether oxygens (including phenoxy) is 1. The third kappa shape index (κ3) is 3.67. The molecule has 21 heavy (non-hydrogen) atoms. The maximum Gasteiger partial charge on any atom is 0.137 e. The minimum atomic E-state index is 0.360. The van der Waals surface area contributed by atoms with Crippen molar-refractivity contribution >= 4 is 21.7 Å². The number of nitrogens with one attached hydrogen (secondary N) is 1. The molecule has 3 rings (SSSR count). The number of hydrogen-bond donors (Lipinski definition) is 1. The second kappa shape index (κ2) is 6.49. The van der Waals surface area contributed by atoms with Crippen molar-refractivity contribution in [1.29, 1.82) is 0 Å². The van der Waals surface area contributed by atoms with Gasteiger partial charge < -0.3 is 10.1 Å². The molecule has 0 saturated carbocycles. The summed E-state index contributed by atoms with van der Waals surface area (Å²) in [6.07, 6.45) is 6.20. The number of methoxy groups -OCH3 is 1. The minimum Gasteiger partial charge on any atom is -0.496 e. The Bertz CT molecular complexity index is 520. The van der Waals surface area contributed by atoms with E-state index in [1.165, 1.54) is 25.7 Å². The number of carbonyl (C=O) groups is 1. The lowest BCUT2D eigenvalue weighted by atomic mass is 9.87. The average molecular weight is 352 g/mol. The first-order valence-corrected chi connectivity index (χ1v) is 8.53. The molecule has 4 heteroatoms. The van der Waals surface area contributed by atoms with Crippen molar-refractivity contribution in [2.45, 2.75) is 50.6 Å². The molecule has 0 spiro atoms. The lowest BCUT2D eigenvalue weighted by molar-refractivity contribution is -0.119. The van der Waals surface area contributed by atoms with Crippen LogP contribution in [0.1, 0.15) is 37.7 Å². The van der Waals surface area contributed by atoms with E-state index in [1.54, 1.807) is 7.11 Å². The number of fused-ring (bicyclic) bond motifs is 2. The number of Topliss-reactive ketones (excluding diaryl/α,β-unsaturated/α-hetero) is 1. The molecular formula is C17H22BrNO2. The van der Waals surface area contributed by atoms with Gasteiger partial charge in [-0.05, 0) is 65.2 Å². The van der Waals surface area contributed by atoms with Crippen LogP contribution >= 0.6 is 15.9 Å². The van der Waals surface area contributed by atoms with E-state index in [0.29, 0.717) is 30.2 Å². The van der Waals surface area contributed by atoms with E-state index < -0.39 is 0 Å². The Morgan fingerprint density at radius 2 is 2.05 bits per heavy atom. The van der Waals surface area contributed by atoms with Crippen molar-refractivity contribution in [3.05, 3.63) is 28.2 Å².